The summed E-state index contributed by atoms with van der Waals surface area (Å²) in [5.74, 6) is 2.06. The molecule has 1 aliphatic rings. The van der Waals surface area contributed by atoms with Crippen LogP contribution in [0.25, 0.3) is 0 Å². The highest BCUT2D eigenvalue weighted by Gasteiger charge is 2.18. The van der Waals surface area contributed by atoms with Gasteiger partial charge in [0.25, 0.3) is 0 Å². The maximum atomic E-state index is 8.51. The van der Waals surface area contributed by atoms with Crippen LogP contribution < -0.4 is 10.6 Å². The van der Waals surface area contributed by atoms with Crippen LogP contribution in [0.15, 0.2) is 12.4 Å². The van der Waals surface area contributed by atoms with Crippen molar-refractivity contribution in [2.45, 2.75) is 12.8 Å². The van der Waals surface area contributed by atoms with Gasteiger partial charge in [0, 0.05) is 19.2 Å². The van der Waals surface area contributed by atoms with E-state index in [0.717, 1.165) is 24.7 Å². The van der Waals surface area contributed by atoms with E-state index in [2.05, 4.69) is 32.5 Å². The molecule has 1 aromatic heterocycles. The van der Waals surface area contributed by atoms with Gasteiger partial charge in [-0.05, 0) is 32.4 Å². The van der Waals surface area contributed by atoms with Gasteiger partial charge < -0.3 is 10.2 Å². The molecule has 0 aromatic carbocycles. The van der Waals surface area contributed by atoms with Crippen molar-refractivity contribution in [1.29, 1.82) is 5.26 Å². The van der Waals surface area contributed by atoms with Crippen LogP contribution in [0.4, 0.5) is 11.6 Å². The average Bonchev–Trinajstić information content (AvgIpc) is 2.76. The largest absolute Gasteiger partial charge is 0.370 e. The van der Waals surface area contributed by atoms with Crippen molar-refractivity contribution < 1.29 is 0 Å². The van der Waals surface area contributed by atoms with E-state index in [9.17, 15) is 0 Å². The lowest BCUT2D eigenvalue weighted by molar-refractivity contribution is 0.390. The van der Waals surface area contributed by atoms with E-state index in [1.807, 2.05) is 6.19 Å². The molecule has 2 heterocycles. The summed E-state index contributed by atoms with van der Waals surface area (Å²) in [5, 5.41) is 14.3. The SMILES string of the molecule is CN1CCC(CCNc2cc(NC#N)ncn2)C1. The molecule has 0 saturated carbocycles. The van der Waals surface area contributed by atoms with Crippen LogP contribution in [0.1, 0.15) is 12.8 Å². The van der Waals surface area contributed by atoms with E-state index >= 15 is 0 Å². The monoisotopic (exact) mass is 246 g/mol. The Kier molecular flexibility index (Phi) is 4.31. The Morgan fingerprint density at radius 3 is 3.06 bits per heavy atom. The molecule has 1 aliphatic heterocycles. The van der Waals surface area contributed by atoms with Crippen LogP contribution in [0, 0.1) is 17.4 Å². The maximum absolute atomic E-state index is 8.51. The van der Waals surface area contributed by atoms with Crippen molar-refractivity contribution in [3.8, 4) is 6.19 Å². The first kappa shape index (κ1) is 12.6. The normalized spacial score (nSPS) is 19.4. The quantitative estimate of drug-likeness (QED) is 0.599. The summed E-state index contributed by atoms with van der Waals surface area (Å²) in [6, 6.07) is 1.74. The minimum Gasteiger partial charge on any atom is -0.370 e. The second kappa shape index (κ2) is 6.17. The van der Waals surface area contributed by atoms with E-state index in [-0.39, 0.29) is 0 Å². The molecule has 6 nitrogen and oxygen atoms in total. The highest BCUT2D eigenvalue weighted by atomic mass is 15.1. The molecule has 1 atom stereocenters. The maximum Gasteiger partial charge on any atom is 0.182 e. The molecule has 2 rings (SSSR count). The van der Waals surface area contributed by atoms with Crippen molar-refractivity contribution in [2.24, 2.45) is 5.92 Å². The van der Waals surface area contributed by atoms with Gasteiger partial charge in [0.2, 0.25) is 0 Å². The number of nitrogens with zero attached hydrogens (tertiary/aromatic N) is 4. The predicted molar refractivity (Wildman–Crippen MR) is 70.0 cm³/mol. The van der Waals surface area contributed by atoms with Gasteiger partial charge in [0.05, 0.1) is 0 Å². The van der Waals surface area contributed by atoms with E-state index in [0.29, 0.717) is 5.82 Å². The fourth-order valence-corrected chi connectivity index (χ4v) is 2.25. The van der Waals surface area contributed by atoms with Crippen molar-refractivity contribution >= 4 is 11.6 Å². The Morgan fingerprint density at radius 2 is 2.33 bits per heavy atom. The first-order valence-electron chi connectivity index (χ1n) is 6.17. The smallest absolute Gasteiger partial charge is 0.182 e. The molecule has 18 heavy (non-hydrogen) atoms. The Bertz CT molecular complexity index is 427. The highest BCUT2D eigenvalue weighted by Crippen LogP contribution is 2.18. The van der Waals surface area contributed by atoms with Gasteiger partial charge >= 0.3 is 0 Å². The Labute approximate surface area is 107 Å². The second-order valence-electron chi connectivity index (χ2n) is 4.66. The molecule has 1 aromatic rings. The standard InChI is InChI=1S/C12H18N6/c1-18-5-3-10(7-18)2-4-14-11-6-12(15-8-13)17-9-16-11/h6,9-10H,2-5,7H2,1H3,(H2,14,15,16,17). The van der Waals surface area contributed by atoms with E-state index < -0.39 is 0 Å². The zero-order valence-corrected chi connectivity index (χ0v) is 10.6. The van der Waals surface area contributed by atoms with Gasteiger partial charge in [0.1, 0.15) is 18.0 Å². The molecule has 1 fully saturated rings. The number of anilines is 2. The third kappa shape index (κ3) is 3.57. The lowest BCUT2D eigenvalue weighted by Crippen LogP contribution is -2.16. The molecular formula is C12H18N6. The fourth-order valence-electron chi connectivity index (χ4n) is 2.25. The molecular weight excluding hydrogens is 228 g/mol. The summed E-state index contributed by atoms with van der Waals surface area (Å²) in [7, 11) is 2.16. The Balaban J connectivity index is 1.76. The van der Waals surface area contributed by atoms with Crippen molar-refractivity contribution in [3.05, 3.63) is 12.4 Å². The highest BCUT2D eigenvalue weighted by molar-refractivity contribution is 5.48. The lowest BCUT2D eigenvalue weighted by Gasteiger charge is -2.11. The fraction of sp³-hybridized carbons (Fsp3) is 0.583. The van der Waals surface area contributed by atoms with Crippen molar-refractivity contribution in [1.82, 2.24) is 14.9 Å². The van der Waals surface area contributed by atoms with Gasteiger partial charge in [-0.1, -0.05) is 0 Å². The molecule has 0 amide bonds. The first-order chi connectivity index (χ1) is 8.78. The van der Waals surface area contributed by atoms with Crippen molar-refractivity contribution in [3.63, 3.8) is 0 Å². The van der Waals surface area contributed by atoms with E-state index in [1.165, 1.54) is 25.8 Å². The zero-order chi connectivity index (χ0) is 12.8. The average molecular weight is 246 g/mol. The third-order valence-electron chi connectivity index (χ3n) is 3.20. The van der Waals surface area contributed by atoms with E-state index in [1.54, 1.807) is 6.07 Å². The minimum atomic E-state index is 0.524. The van der Waals surface area contributed by atoms with Crippen molar-refractivity contribution in [2.75, 3.05) is 37.3 Å². The second-order valence-corrected chi connectivity index (χ2v) is 4.66. The van der Waals surface area contributed by atoms with Crippen LogP contribution in [0.2, 0.25) is 0 Å². The molecule has 1 unspecified atom stereocenters. The van der Waals surface area contributed by atoms with Crippen LogP contribution >= 0.6 is 0 Å². The Morgan fingerprint density at radius 1 is 1.50 bits per heavy atom. The lowest BCUT2D eigenvalue weighted by atomic mass is 10.1. The first-order valence-corrected chi connectivity index (χ1v) is 6.17. The minimum absolute atomic E-state index is 0.524. The molecule has 0 spiro atoms. The van der Waals surface area contributed by atoms with Gasteiger partial charge in [-0.2, -0.15) is 5.26 Å². The number of nitriles is 1. The number of nitrogens with one attached hydrogen (secondary N) is 2. The summed E-state index contributed by atoms with van der Waals surface area (Å²) in [6.07, 6.45) is 5.72. The summed E-state index contributed by atoms with van der Waals surface area (Å²) in [5.41, 5.74) is 0. The van der Waals surface area contributed by atoms with Gasteiger partial charge in [-0.25, -0.2) is 9.97 Å². The van der Waals surface area contributed by atoms with Gasteiger partial charge in [0.15, 0.2) is 6.19 Å². The van der Waals surface area contributed by atoms with Crippen LogP contribution in [0.5, 0.6) is 0 Å². The molecule has 0 bridgehead atoms. The summed E-state index contributed by atoms with van der Waals surface area (Å²) in [4.78, 5) is 10.4. The zero-order valence-electron chi connectivity index (χ0n) is 10.6. The number of hydrogen-bond acceptors (Lipinski definition) is 6. The number of rotatable bonds is 5. The molecule has 2 N–H and O–H groups in total. The summed E-state index contributed by atoms with van der Waals surface area (Å²) >= 11 is 0. The third-order valence-corrected chi connectivity index (χ3v) is 3.20. The van der Waals surface area contributed by atoms with Gasteiger partial charge in [-0.15, -0.1) is 0 Å². The van der Waals surface area contributed by atoms with Gasteiger partial charge in [-0.3, -0.25) is 5.32 Å². The molecule has 6 heteroatoms. The van der Waals surface area contributed by atoms with Crippen LogP contribution in [0.3, 0.4) is 0 Å². The predicted octanol–water partition coefficient (Wildman–Crippen LogP) is 1.12. The van der Waals surface area contributed by atoms with Crippen LogP contribution in [-0.2, 0) is 0 Å². The molecule has 96 valence electrons. The number of aromatic nitrogens is 2. The Hall–Kier alpha value is -1.87. The van der Waals surface area contributed by atoms with Crippen LogP contribution in [-0.4, -0.2) is 41.5 Å². The molecule has 0 radical (unpaired) electrons. The number of hydrogen-bond donors (Lipinski definition) is 2. The number of likely N-dealkylation sites (tertiary alicyclic amines) is 1. The summed E-state index contributed by atoms with van der Waals surface area (Å²) < 4.78 is 0. The topological polar surface area (TPSA) is 76.9 Å². The van der Waals surface area contributed by atoms with E-state index in [4.69, 9.17) is 5.26 Å². The summed E-state index contributed by atoms with van der Waals surface area (Å²) in [6.45, 7) is 3.29. The molecule has 0 aliphatic carbocycles. The molecule has 1 saturated heterocycles.